The van der Waals surface area contributed by atoms with Crippen molar-refractivity contribution in [1.82, 2.24) is 10.2 Å². The average Bonchev–Trinajstić information content (AvgIpc) is 2.72. The Labute approximate surface area is 170 Å². The van der Waals surface area contributed by atoms with Gasteiger partial charge in [-0.25, -0.2) is 4.79 Å². The maximum Gasteiger partial charge on any atom is 0.323 e. The van der Waals surface area contributed by atoms with E-state index in [2.05, 4.69) is 16.0 Å². The van der Waals surface area contributed by atoms with Crippen LogP contribution in [0.15, 0.2) is 54.6 Å². The molecule has 0 saturated carbocycles. The van der Waals surface area contributed by atoms with E-state index < -0.39 is 0 Å². The molecule has 8 nitrogen and oxygen atoms in total. The number of likely N-dealkylation sites (N-methyl/N-ethyl adjacent to an activating group) is 1. The number of anilines is 2. The fourth-order valence-corrected chi connectivity index (χ4v) is 2.52. The molecule has 0 aliphatic heterocycles. The van der Waals surface area contributed by atoms with Crippen molar-refractivity contribution in [3.05, 3.63) is 60.2 Å². The summed E-state index contributed by atoms with van der Waals surface area (Å²) < 4.78 is 4.92. The van der Waals surface area contributed by atoms with Crippen molar-refractivity contribution in [2.75, 3.05) is 44.5 Å². The molecule has 29 heavy (non-hydrogen) atoms. The van der Waals surface area contributed by atoms with E-state index in [1.807, 2.05) is 18.2 Å². The highest BCUT2D eigenvalue weighted by atomic mass is 16.5. The SMILES string of the molecule is COCCCNC(=O)CN(C)C(=O)c1ccc(NC(=O)Nc2ccccc2)cc1. The first kappa shape index (κ1) is 21.9. The lowest BCUT2D eigenvalue weighted by molar-refractivity contribution is -0.121. The molecule has 0 fully saturated rings. The maximum atomic E-state index is 12.5. The van der Waals surface area contributed by atoms with Gasteiger partial charge in [-0.15, -0.1) is 0 Å². The molecule has 0 aliphatic rings. The van der Waals surface area contributed by atoms with Crippen molar-refractivity contribution in [1.29, 1.82) is 0 Å². The summed E-state index contributed by atoms with van der Waals surface area (Å²) in [6.07, 6.45) is 0.714. The summed E-state index contributed by atoms with van der Waals surface area (Å²) in [5, 5.41) is 8.15. The van der Waals surface area contributed by atoms with Crippen LogP contribution in [0.5, 0.6) is 0 Å². The standard InChI is InChI=1S/C21H26N4O4/c1-25(15-19(26)22-13-6-14-29-2)20(27)16-9-11-18(12-10-16)24-21(28)23-17-7-4-3-5-8-17/h3-5,7-12H,6,13-15H2,1-2H3,(H,22,26)(H2,23,24,28). The Morgan fingerprint density at radius 2 is 1.55 bits per heavy atom. The second-order valence-electron chi connectivity index (χ2n) is 6.38. The van der Waals surface area contributed by atoms with Gasteiger partial charge in [-0.3, -0.25) is 9.59 Å². The van der Waals surface area contributed by atoms with E-state index in [1.54, 1.807) is 50.6 Å². The monoisotopic (exact) mass is 398 g/mol. The first-order valence-electron chi connectivity index (χ1n) is 9.24. The van der Waals surface area contributed by atoms with Crippen molar-refractivity contribution in [3.63, 3.8) is 0 Å². The molecule has 0 bridgehead atoms. The minimum Gasteiger partial charge on any atom is -0.385 e. The van der Waals surface area contributed by atoms with Crippen LogP contribution in [0.25, 0.3) is 0 Å². The van der Waals surface area contributed by atoms with Crippen LogP contribution in [-0.4, -0.2) is 56.6 Å². The first-order chi connectivity index (χ1) is 14.0. The van der Waals surface area contributed by atoms with Crippen LogP contribution in [0, 0.1) is 0 Å². The molecular weight excluding hydrogens is 372 g/mol. The van der Waals surface area contributed by atoms with Gasteiger partial charge < -0.3 is 25.6 Å². The van der Waals surface area contributed by atoms with Gasteiger partial charge in [-0.05, 0) is 42.8 Å². The third-order valence-corrected chi connectivity index (χ3v) is 4.00. The summed E-state index contributed by atoms with van der Waals surface area (Å²) in [6.45, 7) is 1.03. The maximum absolute atomic E-state index is 12.5. The lowest BCUT2D eigenvalue weighted by Crippen LogP contribution is -2.38. The molecule has 0 heterocycles. The van der Waals surface area contributed by atoms with Gasteiger partial charge in [0.2, 0.25) is 5.91 Å². The van der Waals surface area contributed by atoms with E-state index in [-0.39, 0.29) is 24.4 Å². The molecule has 0 spiro atoms. The smallest absolute Gasteiger partial charge is 0.323 e. The molecule has 4 amide bonds. The van der Waals surface area contributed by atoms with Gasteiger partial charge in [-0.2, -0.15) is 0 Å². The summed E-state index contributed by atoms with van der Waals surface area (Å²) in [6, 6.07) is 15.2. The number of hydrogen-bond acceptors (Lipinski definition) is 4. The Morgan fingerprint density at radius 1 is 0.931 bits per heavy atom. The van der Waals surface area contributed by atoms with Crippen molar-refractivity contribution in [3.8, 4) is 0 Å². The van der Waals surface area contributed by atoms with Gasteiger partial charge in [0.05, 0.1) is 6.54 Å². The number of para-hydroxylation sites is 1. The highest BCUT2D eigenvalue weighted by Gasteiger charge is 2.15. The van der Waals surface area contributed by atoms with E-state index in [0.717, 1.165) is 0 Å². The highest BCUT2D eigenvalue weighted by Crippen LogP contribution is 2.12. The number of hydrogen-bond donors (Lipinski definition) is 3. The second kappa shape index (κ2) is 11.5. The van der Waals surface area contributed by atoms with E-state index >= 15 is 0 Å². The normalized spacial score (nSPS) is 10.1. The lowest BCUT2D eigenvalue weighted by atomic mass is 10.2. The zero-order valence-corrected chi connectivity index (χ0v) is 16.6. The molecular formula is C21H26N4O4. The predicted octanol–water partition coefficient (Wildman–Crippen LogP) is 2.56. The molecule has 2 aromatic rings. The number of carbonyl (C=O) groups is 3. The van der Waals surface area contributed by atoms with Crippen molar-refractivity contribution >= 4 is 29.2 Å². The molecule has 2 aromatic carbocycles. The van der Waals surface area contributed by atoms with Crippen molar-refractivity contribution < 1.29 is 19.1 Å². The molecule has 154 valence electrons. The van der Waals surface area contributed by atoms with Crippen molar-refractivity contribution in [2.45, 2.75) is 6.42 Å². The first-order valence-corrected chi connectivity index (χ1v) is 9.24. The molecule has 0 radical (unpaired) electrons. The summed E-state index contributed by atoms with van der Waals surface area (Å²) in [7, 11) is 3.17. The van der Waals surface area contributed by atoms with Crippen LogP contribution in [0.4, 0.5) is 16.2 Å². The van der Waals surface area contributed by atoms with Crippen LogP contribution in [0.3, 0.4) is 0 Å². The quantitative estimate of drug-likeness (QED) is 0.565. The van der Waals surface area contributed by atoms with E-state index in [1.165, 1.54) is 4.90 Å². The minimum absolute atomic E-state index is 0.0364. The van der Waals surface area contributed by atoms with Crippen molar-refractivity contribution in [2.24, 2.45) is 0 Å². The van der Waals surface area contributed by atoms with Crippen LogP contribution < -0.4 is 16.0 Å². The van der Waals surface area contributed by atoms with Gasteiger partial charge in [0.15, 0.2) is 0 Å². The van der Waals surface area contributed by atoms with E-state index in [4.69, 9.17) is 4.74 Å². The second-order valence-corrected chi connectivity index (χ2v) is 6.38. The topological polar surface area (TPSA) is 99.8 Å². The number of carbonyl (C=O) groups excluding carboxylic acids is 3. The summed E-state index contributed by atoms with van der Waals surface area (Å²) in [5.74, 6) is -0.509. The zero-order valence-electron chi connectivity index (χ0n) is 16.6. The third kappa shape index (κ3) is 7.63. The van der Waals surface area contributed by atoms with Crippen LogP contribution in [-0.2, 0) is 9.53 Å². The summed E-state index contributed by atoms with van der Waals surface area (Å²) in [5.41, 5.74) is 1.65. The summed E-state index contributed by atoms with van der Waals surface area (Å²) >= 11 is 0. The molecule has 0 aliphatic carbocycles. The van der Waals surface area contributed by atoms with E-state index in [0.29, 0.717) is 36.5 Å². The largest absolute Gasteiger partial charge is 0.385 e. The fourth-order valence-electron chi connectivity index (χ4n) is 2.52. The number of nitrogens with one attached hydrogen (secondary N) is 3. The molecule has 0 atom stereocenters. The third-order valence-electron chi connectivity index (χ3n) is 4.00. The molecule has 8 heteroatoms. The number of amides is 4. The Balaban J connectivity index is 1.82. The molecule has 3 N–H and O–H groups in total. The predicted molar refractivity (Wildman–Crippen MR) is 112 cm³/mol. The number of nitrogens with zero attached hydrogens (tertiary/aromatic N) is 1. The highest BCUT2D eigenvalue weighted by molar-refractivity contribution is 6.00. The van der Waals surface area contributed by atoms with Gasteiger partial charge in [-0.1, -0.05) is 18.2 Å². The molecule has 2 rings (SSSR count). The van der Waals surface area contributed by atoms with E-state index in [9.17, 15) is 14.4 Å². The Kier molecular flexibility index (Phi) is 8.65. The van der Waals surface area contributed by atoms with Crippen LogP contribution in [0.2, 0.25) is 0 Å². The van der Waals surface area contributed by atoms with Gasteiger partial charge in [0, 0.05) is 44.2 Å². The molecule has 0 unspecified atom stereocenters. The molecule has 0 saturated heterocycles. The Morgan fingerprint density at radius 3 is 2.17 bits per heavy atom. The average molecular weight is 398 g/mol. The molecule has 0 aromatic heterocycles. The van der Waals surface area contributed by atoms with Gasteiger partial charge in [0.1, 0.15) is 0 Å². The zero-order chi connectivity index (χ0) is 21.1. The minimum atomic E-state index is -0.377. The van der Waals surface area contributed by atoms with Crippen LogP contribution >= 0.6 is 0 Å². The van der Waals surface area contributed by atoms with Gasteiger partial charge in [0.25, 0.3) is 5.91 Å². The Bertz CT molecular complexity index is 809. The summed E-state index contributed by atoms with van der Waals surface area (Å²) in [4.78, 5) is 37.7. The Hall–Kier alpha value is -3.39. The number of ether oxygens (including phenoxy) is 1. The number of methoxy groups -OCH3 is 1. The number of urea groups is 1. The van der Waals surface area contributed by atoms with Crippen LogP contribution in [0.1, 0.15) is 16.8 Å². The fraction of sp³-hybridized carbons (Fsp3) is 0.286. The lowest BCUT2D eigenvalue weighted by Gasteiger charge is -2.17. The number of benzene rings is 2. The van der Waals surface area contributed by atoms with Gasteiger partial charge >= 0.3 is 6.03 Å². The number of rotatable bonds is 9.